The van der Waals surface area contributed by atoms with Crippen LogP contribution in [-0.4, -0.2) is 31.8 Å². The van der Waals surface area contributed by atoms with E-state index in [9.17, 15) is 9.90 Å². The van der Waals surface area contributed by atoms with Crippen LogP contribution in [0.2, 0.25) is 0 Å². The molecule has 0 radical (unpaired) electrons. The molecule has 5 heteroatoms. The molecule has 1 atom stereocenters. The van der Waals surface area contributed by atoms with Crippen molar-refractivity contribution in [1.29, 1.82) is 0 Å². The second-order valence-electron chi connectivity index (χ2n) is 3.81. The summed E-state index contributed by atoms with van der Waals surface area (Å²) in [6, 6.07) is 4.42. The molecule has 0 spiro atoms. The van der Waals surface area contributed by atoms with Crippen molar-refractivity contribution >= 4 is 5.97 Å². The van der Waals surface area contributed by atoms with E-state index in [1.54, 1.807) is 18.2 Å². The first-order valence-electron chi connectivity index (χ1n) is 5.82. The van der Waals surface area contributed by atoms with Crippen LogP contribution in [0.1, 0.15) is 24.9 Å². The van der Waals surface area contributed by atoms with Crippen molar-refractivity contribution in [2.24, 2.45) is 0 Å². The van der Waals surface area contributed by atoms with Crippen molar-refractivity contribution in [1.82, 2.24) is 5.32 Å². The highest BCUT2D eigenvalue weighted by molar-refractivity contribution is 5.77. The molecule has 1 aromatic carbocycles. The molecule has 0 aliphatic heterocycles. The Morgan fingerprint density at radius 1 is 1.39 bits per heavy atom. The van der Waals surface area contributed by atoms with Crippen LogP contribution in [0.5, 0.6) is 11.5 Å². The Labute approximate surface area is 107 Å². The zero-order valence-electron chi connectivity index (χ0n) is 10.9. The molecule has 0 saturated carbocycles. The minimum Gasteiger partial charge on any atom is -0.493 e. The summed E-state index contributed by atoms with van der Waals surface area (Å²) < 4.78 is 10.4. The lowest BCUT2D eigenvalue weighted by atomic mass is 10.0. The first kappa shape index (κ1) is 14.3. The van der Waals surface area contributed by atoms with Gasteiger partial charge in [0.2, 0.25) is 0 Å². The first-order chi connectivity index (χ1) is 8.65. The molecule has 100 valence electrons. The number of carboxylic acids is 1. The van der Waals surface area contributed by atoms with Gasteiger partial charge >= 0.3 is 5.97 Å². The second-order valence-corrected chi connectivity index (χ2v) is 3.81. The van der Waals surface area contributed by atoms with Crippen LogP contribution in [0, 0.1) is 0 Å². The molecule has 0 aromatic heterocycles. The number of benzene rings is 1. The van der Waals surface area contributed by atoms with Crippen LogP contribution in [0.15, 0.2) is 18.2 Å². The molecule has 1 unspecified atom stereocenters. The van der Waals surface area contributed by atoms with Gasteiger partial charge in [0.05, 0.1) is 14.2 Å². The fraction of sp³-hybridized carbons (Fsp3) is 0.462. The number of carboxylic acid groups (broad SMARTS) is 1. The van der Waals surface area contributed by atoms with Crippen LogP contribution >= 0.6 is 0 Å². The number of ether oxygens (including phenoxy) is 2. The van der Waals surface area contributed by atoms with Crippen LogP contribution < -0.4 is 14.8 Å². The van der Waals surface area contributed by atoms with E-state index in [1.165, 1.54) is 14.2 Å². The highest BCUT2D eigenvalue weighted by Gasteiger charge is 2.24. The molecular weight excluding hydrogens is 234 g/mol. The van der Waals surface area contributed by atoms with Crippen LogP contribution in [0.25, 0.3) is 0 Å². The molecule has 2 N–H and O–H groups in total. The summed E-state index contributed by atoms with van der Waals surface area (Å²) in [4.78, 5) is 11.3. The number of para-hydroxylation sites is 1. The van der Waals surface area contributed by atoms with Crippen LogP contribution in [0.3, 0.4) is 0 Å². The van der Waals surface area contributed by atoms with Gasteiger partial charge in [0.1, 0.15) is 6.04 Å². The molecule has 0 bridgehead atoms. The molecule has 0 saturated heterocycles. The maximum Gasteiger partial charge on any atom is 0.325 e. The quantitative estimate of drug-likeness (QED) is 0.776. The van der Waals surface area contributed by atoms with Gasteiger partial charge in [0.25, 0.3) is 0 Å². The number of rotatable bonds is 7. The van der Waals surface area contributed by atoms with Crippen molar-refractivity contribution in [3.05, 3.63) is 23.8 Å². The number of nitrogens with one attached hydrogen (secondary N) is 1. The van der Waals surface area contributed by atoms with Gasteiger partial charge in [0, 0.05) is 5.56 Å². The number of hydrogen-bond donors (Lipinski definition) is 2. The number of hydrogen-bond acceptors (Lipinski definition) is 4. The summed E-state index contributed by atoms with van der Waals surface area (Å²) in [5.41, 5.74) is 0.567. The van der Waals surface area contributed by atoms with Gasteiger partial charge in [-0.25, -0.2) is 0 Å². The van der Waals surface area contributed by atoms with Crippen LogP contribution in [0.4, 0.5) is 0 Å². The SMILES string of the molecule is CCCNC(C(=O)O)c1cccc(OC)c1OC. The van der Waals surface area contributed by atoms with E-state index in [4.69, 9.17) is 9.47 Å². The zero-order valence-corrected chi connectivity index (χ0v) is 10.9. The van der Waals surface area contributed by atoms with E-state index in [1.807, 2.05) is 6.92 Å². The highest BCUT2D eigenvalue weighted by atomic mass is 16.5. The molecule has 0 amide bonds. The summed E-state index contributed by atoms with van der Waals surface area (Å²) in [5.74, 6) is 0.0468. The predicted molar refractivity (Wildman–Crippen MR) is 68.2 cm³/mol. The lowest BCUT2D eigenvalue weighted by Crippen LogP contribution is -2.29. The summed E-state index contributed by atoms with van der Waals surface area (Å²) in [6.45, 7) is 2.60. The van der Waals surface area contributed by atoms with E-state index >= 15 is 0 Å². The highest BCUT2D eigenvalue weighted by Crippen LogP contribution is 2.34. The molecule has 5 nitrogen and oxygen atoms in total. The Morgan fingerprint density at radius 3 is 2.61 bits per heavy atom. The van der Waals surface area contributed by atoms with Gasteiger partial charge in [-0.2, -0.15) is 0 Å². The third-order valence-corrected chi connectivity index (χ3v) is 2.59. The molecule has 0 aliphatic rings. The maximum atomic E-state index is 11.3. The van der Waals surface area contributed by atoms with E-state index in [0.717, 1.165) is 6.42 Å². The van der Waals surface area contributed by atoms with Gasteiger partial charge in [0.15, 0.2) is 11.5 Å². The van der Waals surface area contributed by atoms with Crippen molar-refractivity contribution < 1.29 is 19.4 Å². The maximum absolute atomic E-state index is 11.3. The summed E-state index contributed by atoms with van der Waals surface area (Å²) >= 11 is 0. The van der Waals surface area contributed by atoms with E-state index < -0.39 is 12.0 Å². The number of methoxy groups -OCH3 is 2. The molecule has 0 aliphatic carbocycles. The monoisotopic (exact) mass is 253 g/mol. The summed E-state index contributed by atoms with van der Waals surface area (Å²) in [5, 5.41) is 12.3. The lowest BCUT2D eigenvalue weighted by molar-refractivity contribution is -0.139. The molecule has 0 fully saturated rings. The summed E-state index contributed by atoms with van der Waals surface area (Å²) in [6.07, 6.45) is 0.857. The second kappa shape index (κ2) is 6.86. The Balaban J connectivity index is 3.14. The third kappa shape index (κ3) is 3.13. The lowest BCUT2D eigenvalue weighted by Gasteiger charge is -2.19. The molecule has 1 aromatic rings. The van der Waals surface area contributed by atoms with Crippen molar-refractivity contribution in [2.45, 2.75) is 19.4 Å². The van der Waals surface area contributed by atoms with Gasteiger partial charge < -0.3 is 19.9 Å². The van der Waals surface area contributed by atoms with Crippen LogP contribution in [-0.2, 0) is 4.79 Å². The van der Waals surface area contributed by atoms with Gasteiger partial charge in [-0.15, -0.1) is 0 Å². The minimum atomic E-state index is -0.935. The Kier molecular flexibility index (Phi) is 5.45. The van der Waals surface area contributed by atoms with E-state index in [0.29, 0.717) is 23.6 Å². The summed E-state index contributed by atoms with van der Waals surface area (Å²) in [7, 11) is 3.02. The molecule has 18 heavy (non-hydrogen) atoms. The fourth-order valence-electron chi connectivity index (χ4n) is 1.76. The van der Waals surface area contributed by atoms with Crippen molar-refractivity contribution in [2.75, 3.05) is 20.8 Å². The largest absolute Gasteiger partial charge is 0.493 e. The van der Waals surface area contributed by atoms with Gasteiger partial charge in [-0.05, 0) is 19.0 Å². The standard InChI is InChI=1S/C13H19NO4/c1-4-8-14-11(13(15)16)9-6-5-7-10(17-2)12(9)18-3/h5-7,11,14H,4,8H2,1-3H3,(H,15,16). The number of carbonyl (C=O) groups is 1. The smallest absolute Gasteiger partial charge is 0.325 e. The molecule has 0 heterocycles. The number of aliphatic carboxylic acids is 1. The Morgan fingerprint density at radius 2 is 2.11 bits per heavy atom. The average Bonchev–Trinajstić information content (AvgIpc) is 2.38. The van der Waals surface area contributed by atoms with Crippen molar-refractivity contribution in [3.8, 4) is 11.5 Å². The topological polar surface area (TPSA) is 67.8 Å². The normalized spacial score (nSPS) is 11.9. The van der Waals surface area contributed by atoms with Crippen molar-refractivity contribution in [3.63, 3.8) is 0 Å². The predicted octanol–water partition coefficient (Wildman–Crippen LogP) is 1.83. The molecule has 1 rings (SSSR count). The zero-order chi connectivity index (χ0) is 13.5. The van der Waals surface area contributed by atoms with Gasteiger partial charge in [-0.3, -0.25) is 4.79 Å². The first-order valence-corrected chi connectivity index (χ1v) is 5.82. The average molecular weight is 253 g/mol. The van der Waals surface area contributed by atoms with Gasteiger partial charge in [-0.1, -0.05) is 19.1 Å². The minimum absolute atomic E-state index is 0.455. The Bertz CT molecular complexity index is 406. The third-order valence-electron chi connectivity index (χ3n) is 2.59. The Hall–Kier alpha value is -1.75. The molecular formula is C13H19NO4. The fourth-order valence-corrected chi connectivity index (χ4v) is 1.76. The van der Waals surface area contributed by atoms with E-state index in [-0.39, 0.29) is 0 Å². The van der Waals surface area contributed by atoms with E-state index in [2.05, 4.69) is 5.32 Å².